The lowest BCUT2D eigenvalue weighted by Gasteiger charge is -2.15. The van der Waals surface area contributed by atoms with Crippen molar-refractivity contribution in [1.29, 1.82) is 0 Å². The summed E-state index contributed by atoms with van der Waals surface area (Å²) in [6.45, 7) is 3.10. The number of hydrogen-bond acceptors (Lipinski definition) is 6. The highest BCUT2D eigenvalue weighted by molar-refractivity contribution is 5.53. The summed E-state index contributed by atoms with van der Waals surface area (Å²) in [7, 11) is 0. The third-order valence-corrected chi connectivity index (χ3v) is 3.39. The molecule has 6 heteroatoms. The maximum absolute atomic E-state index is 6.20. The minimum atomic E-state index is -0.660. The number of aromatic nitrogens is 3. The molecule has 2 aromatic heterocycles. The van der Waals surface area contributed by atoms with Crippen LogP contribution in [0.4, 0.5) is 0 Å². The molecule has 3 heterocycles. The van der Waals surface area contributed by atoms with E-state index >= 15 is 0 Å². The molecule has 3 rings (SSSR count). The van der Waals surface area contributed by atoms with E-state index in [1.54, 1.807) is 6.20 Å². The second kappa shape index (κ2) is 4.71. The second-order valence-corrected chi connectivity index (χ2v) is 4.75. The van der Waals surface area contributed by atoms with Gasteiger partial charge in [0.25, 0.3) is 0 Å². The molecule has 1 unspecified atom stereocenters. The number of aryl methyl sites for hydroxylation is 1. The first-order valence-electron chi connectivity index (χ1n) is 6.38. The van der Waals surface area contributed by atoms with E-state index in [9.17, 15) is 0 Å². The Balaban J connectivity index is 1.97. The minimum absolute atomic E-state index is 0.414. The molecule has 0 aromatic carbocycles. The Labute approximate surface area is 111 Å². The van der Waals surface area contributed by atoms with E-state index in [0.29, 0.717) is 31.3 Å². The van der Waals surface area contributed by atoms with Crippen LogP contribution in [0.5, 0.6) is 0 Å². The van der Waals surface area contributed by atoms with Crippen molar-refractivity contribution in [2.45, 2.75) is 25.3 Å². The van der Waals surface area contributed by atoms with Crippen molar-refractivity contribution >= 4 is 0 Å². The third-order valence-electron chi connectivity index (χ3n) is 3.39. The predicted molar refractivity (Wildman–Crippen MR) is 68.2 cm³/mol. The standard InChI is InChI=1S/C13H16N4O2/c1-2-9-4-3-6-15-10(9)11-16-12(19-17-11)13(14)5-7-18-8-13/h3-4,6H,2,5,7-8,14H2,1H3. The van der Waals surface area contributed by atoms with E-state index in [1.807, 2.05) is 12.1 Å². The Hall–Kier alpha value is -1.79. The van der Waals surface area contributed by atoms with Crippen molar-refractivity contribution in [3.8, 4) is 11.5 Å². The molecule has 1 saturated heterocycles. The maximum atomic E-state index is 6.20. The molecular formula is C13H16N4O2. The number of ether oxygens (including phenoxy) is 1. The van der Waals surface area contributed by atoms with Crippen molar-refractivity contribution in [3.63, 3.8) is 0 Å². The molecule has 2 aromatic rings. The summed E-state index contributed by atoms with van der Waals surface area (Å²) in [5.74, 6) is 0.914. The molecule has 19 heavy (non-hydrogen) atoms. The number of rotatable bonds is 3. The molecule has 1 aliphatic heterocycles. The number of pyridine rings is 1. The number of nitrogens with two attached hydrogens (primary N) is 1. The van der Waals surface area contributed by atoms with Crippen molar-refractivity contribution < 1.29 is 9.26 Å². The SMILES string of the molecule is CCc1cccnc1-c1noc(C2(N)CCOC2)n1. The summed E-state index contributed by atoms with van der Waals surface area (Å²) in [4.78, 5) is 8.72. The van der Waals surface area contributed by atoms with Crippen LogP contribution >= 0.6 is 0 Å². The molecule has 0 saturated carbocycles. The zero-order chi connectivity index (χ0) is 13.3. The van der Waals surface area contributed by atoms with Gasteiger partial charge in [-0.3, -0.25) is 4.98 Å². The molecule has 2 N–H and O–H groups in total. The van der Waals surface area contributed by atoms with Gasteiger partial charge < -0.3 is 15.0 Å². The Morgan fingerprint density at radius 2 is 2.37 bits per heavy atom. The Morgan fingerprint density at radius 1 is 1.47 bits per heavy atom. The predicted octanol–water partition coefficient (Wildman–Crippen LogP) is 1.27. The van der Waals surface area contributed by atoms with Gasteiger partial charge in [-0.05, 0) is 24.5 Å². The summed E-state index contributed by atoms with van der Waals surface area (Å²) in [5.41, 5.74) is 7.38. The first-order chi connectivity index (χ1) is 9.23. The van der Waals surface area contributed by atoms with Gasteiger partial charge in [-0.15, -0.1) is 0 Å². The van der Waals surface area contributed by atoms with Gasteiger partial charge in [0.15, 0.2) is 0 Å². The van der Waals surface area contributed by atoms with Crippen LogP contribution < -0.4 is 5.73 Å². The average Bonchev–Trinajstić information content (AvgIpc) is 3.08. The van der Waals surface area contributed by atoms with Crippen LogP contribution in [0, 0.1) is 0 Å². The van der Waals surface area contributed by atoms with E-state index < -0.39 is 5.54 Å². The van der Waals surface area contributed by atoms with Crippen LogP contribution in [0.1, 0.15) is 24.8 Å². The molecule has 0 spiro atoms. The van der Waals surface area contributed by atoms with Crippen LogP contribution in [0.3, 0.4) is 0 Å². The summed E-state index contributed by atoms with van der Waals surface area (Å²) < 4.78 is 10.6. The van der Waals surface area contributed by atoms with Crippen molar-refractivity contribution in [1.82, 2.24) is 15.1 Å². The average molecular weight is 260 g/mol. The van der Waals surface area contributed by atoms with Gasteiger partial charge in [-0.25, -0.2) is 0 Å². The van der Waals surface area contributed by atoms with Crippen molar-refractivity contribution in [2.24, 2.45) is 5.73 Å². The number of nitrogens with zero attached hydrogens (tertiary/aromatic N) is 3. The Bertz CT molecular complexity index is 576. The van der Waals surface area contributed by atoms with Crippen molar-refractivity contribution in [3.05, 3.63) is 29.8 Å². The quantitative estimate of drug-likeness (QED) is 0.894. The molecule has 100 valence electrons. The molecule has 1 fully saturated rings. The largest absolute Gasteiger partial charge is 0.379 e. The molecule has 0 aliphatic carbocycles. The van der Waals surface area contributed by atoms with Gasteiger partial charge in [0.05, 0.1) is 6.61 Å². The third kappa shape index (κ3) is 2.13. The minimum Gasteiger partial charge on any atom is -0.379 e. The monoisotopic (exact) mass is 260 g/mol. The molecule has 0 radical (unpaired) electrons. The van der Waals surface area contributed by atoms with Gasteiger partial charge >= 0.3 is 0 Å². The first-order valence-corrected chi connectivity index (χ1v) is 6.38. The molecule has 1 aliphatic rings. The summed E-state index contributed by atoms with van der Waals surface area (Å²) in [5, 5.41) is 4.00. The van der Waals surface area contributed by atoms with E-state index in [1.165, 1.54) is 0 Å². The molecule has 0 bridgehead atoms. The van der Waals surface area contributed by atoms with Gasteiger partial charge in [-0.1, -0.05) is 18.1 Å². The highest BCUT2D eigenvalue weighted by Crippen LogP contribution is 2.28. The van der Waals surface area contributed by atoms with Crippen LogP contribution in [0.15, 0.2) is 22.9 Å². The summed E-state index contributed by atoms with van der Waals surface area (Å²) in [6, 6.07) is 3.91. The first kappa shape index (κ1) is 12.3. The molecular weight excluding hydrogens is 244 g/mol. The Kier molecular flexibility index (Phi) is 3.04. The van der Waals surface area contributed by atoms with E-state index in [4.69, 9.17) is 15.0 Å². The lowest BCUT2D eigenvalue weighted by molar-refractivity contribution is 0.166. The lowest BCUT2D eigenvalue weighted by atomic mass is 10.0. The van der Waals surface area contributed by atoms with E-state index in [2.05, 4.69) is 22.0 Å². The molecule has 1 atom stereocenters. The van der Waals surface area contributed by atoms with Gasteiger partial charge in [0.1, 0.15) is 11.2 Å². The molecule has 0 amide bonds. The van der Waals surface area contributed by atoms with Crippen LogP contribution in [-0.4, -0.2) is 28.3 Å². The second-order valence-electron chi connectivity index (χ2n) is 4.75. The number of hydrogen-bond donors (Lipinski definition) is 1. The van der Waals surface area contributed by atoms with E-state index in [-0.39, 0.29) is 0 Å². The van der Waals surface area contributed by atoms with Crippen LogP contribution in [0.25, 0.3) is 11.5 Å². The molecule has 6 nitrogen and oxygen atoms in total. The smallest absolute Gasteiger partial charge is 0.249 e. The van der Waals surface area contributed by atoms with Gasteiger partial charge in [0.2, 0.25) is 11.7 Å². The highest BCUT2D eigenvalue weighted by Gasteiger charge is 2.38. The fourth-order valence-corrected chi connectivity index (χ4v) is 2.20. The van der Waals surface area contributed by atoms with Crippen LogP contribution in [0.2, 0.25) is 0 Å². The van der Waals surface area contributed by atoms with Gasteiger partial charge in [0, 0.05) is 12.8 Å². The maximum Gasteiger partial charge on any atom is 0.249 e. The van der Waals surface area contributed by atoms with Crippen LogP contribution in [-0.2, 0) is 16.7 Å². The van der Waals surface area contributed by atoms with Gasteiger partial charge in [-0.2, -0.15) is 4.98 Å². The normalized spacial score (nSPS) is 22.8. The fourth-order valence-electron chi connectivity index (χ4n) is 2.20. The fraction of sp³-hybridized carbons (Fsp3) is 0.462. The van der Waals surface area contributed by atoms with E-state index in [0.717, 1.165) is 17.7 Å². The summed E-state index contributed by atoms with van der Waals surface area (Å²) >= 11 is 0. The Morgan fingerprint density at radius 3 is 3.11 bits per heavy atom. The van der Waals surface area contributed by atoms with Crippen molar-refractivity contribution in [2.75, 3.05) is 13.2 Å². The lowest BCUT2D eigenvalue weighted by Crippen LogP contribution is -2.37. The summed E-state index contributed by atoms with van der Waals surface area (Å²) in [6.07, 6.45) is 3.28. The highest BCUT2D eigenvalue weighted by atomic mass is 16.5. The zero-order valence-corrected chi connectivity index (χ0v) is 10.8. The zero-order valence-electron chi connectivity index (χ0n) is 10.8. The topological polar surface area (TPSA) is 87.1 Å².